The summed E-state index contributed by atoms with van der Waals surface area (Å²) in [5.74, 6) is -0.00971. The number of nitrogens with one attached hydrogen (secondary N) is 1. The van der Waals surface area contributed by atoms with Gasteiger partial charge in [-0.15, -0.1) is 0 Å². The van der Waals surface area contributed by atoms with Gasteiger partial charge in [-0.05, 0) is 42.8 Å². The monoisotopic (exact) mass is 396 g/mol. The van der Waals surface area contributed by atoms with E-state index >= 15 is 0 Å². The zero-order valence-electron chi connectivity index (χ0n) is 15.0. The van der Waals surface area contributed by atoms with Gasteiger partial charge in [-0.25, -0.2) is 8.42 Å². The molecule has 0 aliphatic heterocycles. The maximum atomic E-state index is 12.7. The van der Waals surface area contributed by atoms with Crippen LogP contribution in [0.15, 0.2) is 42.5 Å². The third-order valence-corrected chi connectivity index (χ3v) is 5.46. The summed E-state index contributed by atoms with van der Waals surface area (Å²) < 4.78 is 29.8. The molecule has 1 unspecified atom stereocenters. The number of anilines is 1. The van der Waals surface area contributed by atoms with Crippen molar-refractivity contribution < 1.29 is 17.9 Å². The van der Waals surface area contributed by atoms with Crippen molar-refractivity contribution in [3.8, 4) is 5.75 Å². The van der Waals surface area contributed by atoms with Crippen LogP contribution in [-0.2, 0) is 10.0 Å². The molecular formula is C18H21ClN2O4S. The van der Waals surface area contributed by atoms with Gasteiger partial charge in [0.25, 0.3) is 5.91 Å². The molecule has 0 aliphatic rings. The average Bonchev–Trinajstić information content (AvgIpc) is 2.60. The van der Waals surface area contributed by atoms with Gasteiger partial charge in [0, 0.05) is 12.1 Å². The molecule has 140 valence electrons. The second-order valence-corrected chi connectivity index (χ2v) is 8.31. The van der Waals surface area contributed by atoms with Gasteiger partial charge in [0.2, 0.25) is 10.0 Å². The molecule has 0 aliphatic carbocycles. The summed E-state index contributed by atoms with van der Waals surface area (Å²) in [5.41, 5.74) is 1.52. The van der Waals surface area contributed by atoms with Crippen LogP contribution in [0.2, 0.25) is 5.02 Å². The number of amides is 1. The Morgan fingerprint density at radius 1 is 1.19 bits per heavy atom. The number of hydrogen-bond donors (Lipinski definition) is 1. The predicted molar refractivity (Wildman–Crippen MR) is 104 cm³/mol. The molecule has 0 bridgehead atoms. The van der Waals surface area contributed by atoms with Crippen LogP contribution in [0.3, 0.4) is 0 Å². The number of carbonyl (C=O) groups excluding carboxylic acids is 1. The normalized spacial score (nSPS) is 12.3. The fourth-order valence-corrected chi connectivity index (χ4v) is 2.99. The highest BCUT2D eigenvalue weighted by Gasteiger charge is 2.19. The van der Waals surface area contributed by atoms with E-state index in [2.05, 4.69) is 5.32 Å². The van der Waals surface area contributed by atoms with E-state index in [4.69, 9.17) is 16.3 Å². The van der Waals surface area contributed by atoms with Crippen molar-refractivity contribution in [2.45, 2.75) is 13.0 Å². The molecule has 2 aromatic rings. The third-order valence-electron chi connectivity index (χ3n) is 4.01. The van der Waals surface area contributed by atoms with Crippen LogP contribution in [0.4, 0.5) is 5.69 Å². The van der Waals surface area contributed by atoms with E-state index in [1.165, 1.54) is 20.2 Å². The second kappa shape index (κ2) is 7.97. The topological polar surface area (TPSA) is 75.7 Å². The molecule has 0 saturated heterocycles. The van der Waals surface area contributed by atoms with E-state index in [1.54, 1.807) is 24.3 Å². The molecule has 2 aromatic carbocycles. The smallest absolute Gasteiger partial charge is 0.255 e. The van der Waals surface area contributed by atoms with E-state index in [0.717, 1.165) is 16.1 Å². The van der Waals surface area contributed by atoms with Crippen LogP contribution in [0.1, 0.15) is 28.9 Å². The van der Waals surface area contributed by atoms with Crippen molar-refractivity contribution in [1.82, 2.24) is 5.32 Å². The first kappa shape index (κ1) is 20.1. The molecule has 1 atom stereocenters. The average molecular weight is 397 g/mol. The van der Waals surface area contributed by atoms with Crippen molar-refractivity contribution in [3.05, 3.63) is 58.6 Å². The zero-order chi connectivity index (χ0) is 19.5. The molecule has 1 amide bonds. The molecule has 6 nitrogen and oxygen atoms in total. The largest absolute Gasteiger partial charge is 0.496 e. The minimum atomic E-state index is -3.44. The summed E-state index contributed by atoms with van der Waals surface area (Å²) in [6.07, 6.45) is 1.10. The molecular weight excluding hydrogens is 376 g/mol. The minimum Gasteiger partial charge on any atom is -0.496 e. The van der Waals surface area contributed by atoms with Gasteiger partial charge >= 0.3 is 0 Å². The van der Waals surface area contributed by atoms with Crippen molar-refractivity contribution >= 4 is 33.2 Å². The number of sulfonamides is 1. The first-order valence-electron chi connectivity index (χ1n) is 7.81. The fraction of sp³-hybridized carbons (Fsp3) is 0.278. The van der Waals surface area contributed by atoms with E-state index in [-0.39, 0.29) is 17.5 Å². The molecule has 2 rings (SSSR count). The Morgan fingerprint density at radius 2 is 1.81 bits per heavy atom. The van der Waals surface area contributed by atoms with Gasteiger partial charge in [0.05, 0.1) is 30.7 Å². The summed E-state index contributed by atoms with van der Waals surface area (Å²) in [7, 11) is -0.561. The molecule has 0 fully saturated rings. The standard InChI is InChI=1S/C18H21ClN2O4S/c1-12(13-5-7-14(19)8-6-13)20-18(22)16-11-15(9-10-17(16)25-3)21(2)26(4,23)24/h5-12H,1-4H3,(H,20,22). The molecule has 0 radical (unpaired) electrons. The van der Waals surface area contributed by atoms with Crippen LogP contribution >= 0.6 is 11.6 Å². The van der Waals surface area contributed by atoms with Crippen molar-refractivity contribution in [2.24, 2.45) is 0 Å². The van der Waals surface area contributed by atoms with E-state index < -0.39 is 10.0 Å². The number of ether oxygens (including phenoxy) is 1. The molecule has 0 spiro atoms. The second-order valence-electron chi connectivity index (χ2n) is 5.86. The van der Waals surface area contributed by atoms with Crippen LogP contribution in [-0.4, -0.2) is 34.7 Å². The van der Waals surface area contributed by atoms with Crippen LogP contribution in [0.25, 0.3) is 0 Å². The Kier molecular flexibility index (Phi) is 6.15. The third kappa shape index (κ3) is 4.68. The Labute approximate surface area is 158 Å². The van der Waals surface area contributed by atoms with Gasteiger partial charge in [0.15, 0.2) is 0 Å². The number of methoxy groups -OCH3 is 1. The minimum absolute atomic E-state index is 0.251. The summed E-state index contributed by atoms with van der Waals surface area (Å²) in [5, 5.41) is 3.50. The molecule has 26 heavy (non-hydrogen) atoms. The highest BCUT2D eigenvalue weighted by molar-refractivity contribution is 7.92. The molecule has 0 aromatic heterocycles. The van der Waals surface area contributed by atoms with Gasteiger partial charge < -0.3 is 10.1 Å². The van der Waals surface area contributed by atoms with Crippen molar-refractivity contribution in [3.63, 3.8) is 0 Å². The van der Waals surface area contributed by atoms with Gasteiger partial charge in [-0.3, -0.25) is 9.10 Å². The van der Waals surface area contributed by atoms with E-state index in [0.29, 0.717) is 16.5 Å². The lowest BCUT2D eigenvalue weighted by Gasteiger charge is -2.20. The number of nitrogens with zero attached hydrogens (tertiary/aromatic N) is 1. The highest BCUT2D eigenvalue weighted by atomic mass is 35.5. The maximum absolute atomic E-state index is 12.7. The van der Waals surface area contributed by atoms with Crippen LogP contribution in [0.5, 0.6) is 5.75 Å². The number of benzene rings is 2. The number of carbonyl (C=O) groups is 1. The molecule has 8 heteroatoms. The molecule has 0 saturated carbocycles. The Hall–Kier alpha value is -2.25. The van der Waals surface area contributed by atoms with E-state index in [9.17, 15) is 13.2 Å². The fourth-order valence-electron chi connectivity index (χ4n) is 2.37. The number of hydrogen-bond acceptors (Lipinski definition) is 4. The summed E-state index contributed by atoms with van der Waals surface area (Å²) in [4.78, 5) is 12.7. The lowest BCUT2D eigenvalue weighted by Crippen LogP contribution is -2.28. The lowest BCUT2D eigenvalue weighted by atomic mass is 10.1. The molecule has 0 heterocycles. The highest BCUT2D eigenvalue weighted by Crippen LogP contribution is 2.26. The van der Waals surface area contributed by atoms with Crippen LogP contribution in [0, 0.1) is 0 Å². The maximum Gasteiger partial charge on any atom is 0.255 e. The summed E-state index contributed by atoms with van der Waals surface area (Å²) in [6.45, 7) is 1.85. The van der Waals surface area contributed by atoms with Gasteiger partial charge in [0.1, 0.15) is 5.75 Å². The molecule has 1 N–H and O–H groups in total. The first-order valence-corrected chi connectivity index (χ1v) is 10.0. The lowest BCUT2D eigenvalue weighted by molar-refractivity contribution is 0.0937. The van der Waals surface area contributed by atoms with Gasteiger partial charge in [-0.1, -0.05) is 23.7 Å². The zero-order valence-corrected chi connectivity index (χ0v) is 16.6. The Bertz CT molecular complexity index is 898. The van der Waals surface area contributed by atoms with Crippen LogP contribution < -0.4 is 14.4 Å². The van der Waals surface area contributed by atoms with Gasteiger partial charge in [-0.2, -0.15) is 0 Å². The first-order chi connectivity index (χ1) is 12.1. The SMILES string of the molecule is COc1ccc(N(C)S(C)(=O)=O)cc1C(=O)NC(C)c1ccc(Cl)cc1. The Balaban J connectivity index is 2.30. The Morgan fingerprint density at radius 3 is 2.35 bits per heavy atom. The number of rotatable bonds is 6. The quantitative estimate of drug-likeness (QED) is 0.813. The summed E-state index contributed by atoms with van der Waals surface area (Å²) in [6, 6.07) is 11.5. The summed E-state index contributed by atoms with van der Waals surface area (Å²) >= 11 is 5.88. The number of halogens is 1. The van der Waals surface area contributed by atoms with Crippen molar-refractivity contribution in [2.75, 3.05) is 24.7 Å². The predicted octanol–water partition coefficient (Wildman–Crippen LogP) is 3.24. The van der Waals surface area contributed by atoms with E-state index in [1.807, 2.05) is 19.1 Å². The van der Waals surface area contributed by atoms with Crippen molar-refractivity contribution in [1.29, 1.82) is 0 Å².